The Morgan fingerprint density at radius 3 is 2.42 bits per heavy atom. The molecule has 1 saturated carbocycles. The lowest BCUT2D eigenvalue weighted by molar-refractivity contribution is -0.119. The van der Waals surface area contributed by atoms with Gasteiger partial charge in [0.25, 0.3) is 0 Å². The summed E-state index contributed by atoms with van der Waals surface area (Å²) in [5, 5.41) is 7.28. The van der Waals surface area contributed by atoms with Crippen molar-refractivity contribution in [2.24, 2.45) is 11.8 Å². The maximum absolute atomic E-state index is 12.0. The average Bonchev–Trinajstić information content (AvgIpc) is 2.36. The van der Waals surface area contributed by atoms with Crippen LogP contribution in [0.1, 0.15) is 46.0 Å². The third-order valence-corrected chi connectivity index (χ3v) is 5.65. The zero-order valence-electron chi connectivity index (χ0n) is 12.3. The first-order chi connectivity index (χ1) is 9.13. The third kappa shape index (κ3) is 5.35. The van der Waals surface area contributed by atoms with Gasteiger partial charge in [0, 0.05) is 11.3 Å². The van der Waals surface area contributed by atoms with Crippen LogP contribution in [-0.2, 0) is 4.79 Å². The van der Waals surface area contributed by atoms with Crippen LogP contribution in [0.3, 0.4) is 0 Å². The molecule has 1 aliphatic carbocycles. The second-order valence-corrected chi connectivity index (χ2v) is 7.73. The highest BCUT2D eigenvalue weighted by Gasteiger charge is 2.25. The Hall–Kier alpha value is -0.220. The van der Waals surface area contributed by atoms with Crippen LogP contribution in [0.4, 0.5) is 0 Å². The number of hydrogen-bond acceptors (Lipinski definition) is 3. The van der Waals surface area contributed by atoms with Gasteiger partial charge in [-0.15, -0.1) is 11.8 Å². The van der Waals surface area contributed by atoms with E-state index in [0.29, 0.717) is 17.0 Å². The highest BCUT2D eigenvalue weighted by molar-refractivity contribution is 8.00. The van der Waals surface area contributed by atoms with Crippen LogP contribution in [0.15, 0.2) is 0 Å². The Bertz CT molecular complexity index is 282. The number of carbonyl (C=O) groups is 1. The van der Waals surface area contributed by atoms with E-state index in [4.69, 9.17) is 0 Å². The van der Waals surface area contributed by atoms with Crippen molar-refractivity contribution in [1.29, 1.82) is 0 Å². The molecule has 1 aliphatic heterocycles. The first kappa shape index (κ1) is 15.2. The molecule has 0 aromatic heterocycles. The van der Waals surface area contributed by atoms with E-state index in [1.165, 1.54) is 19.3 Å². The summed E-state index contributed by atoms with van der Waals surface area (Å²) >= 11 is 1.84. The van der Waals surface area contributed by atoms with E-state index in [1.54, 1.807) is 0 Å². The van der Waals surface area contributed by atoms with Crippen molar-refractivity contribution < 1.29 is 4.79 Å². The van der Waals surface area contributed by atoms with Crippen LogP contribution in [0.2, 0.25) is 0 Å². The molecule has 0 bridgehead atoms. The molecule has 1 heterocycles. The zero-order valence-corrected chi connectivity index (χ0v) is 13.1. The van der Waals surface area contributed by atoms with Gasteiger partial charge in [-0.2, -0.15) is 0 Å². The molecule has 2 rings (SSSR count). The Morgan fingerprint density at radius 1 is 1.16 bits per heavy atom. The lowest BCUT2D eigenvalue weighted by Gasteiger charge is -2.32. The van der Waals surface area contributed by atoms with Crippen molar-refractivity contribution >= 4 is 17.7 Å². The van der Waals surface area contributed by atoms with Gasteiger partial charge in [-0.05, 0) is 57.0 Å². The number of amides is 1. The maximum atomic E-state index is 12.0. The molecule has 1 saturated heterocycles. The summed E-state index contributed by atoms with van der Waals surface area (Å²) in [6.45, 7) is 6.82. The van der Waals surface area contributed by atoms with Gasteiger partial charge in [0.15, 0.2) is 0 Å². The van der Waals surface area contributed by atoms with Crippen LogP contribution in [0.25, 0.3) is 0 Å². The van der Waals surface area contributed by atoms with E-state index in [0.717, 1.165) is 37.8 Å². The van der Waals surface area contributed by atoms with Crippen molar-refractivity contribution in [2.75, 3.05) is 18.8 Å². The van der Waals surface area contributed by atoms with Crippen LogP contribution in [0.5, 0.6) is 0 Å². The highest BCUT2D eigenvalue weighted by atomic mass is 32.2. The molecule has 2 N–H and O–H groups in total. The van der Waals surface area contributed by atoms with Crippen molar-refractivity contribution in [1.82, 2.24) is 10.6 Å². The van der Waals surface area contributed by atoms with Gasteiger partial charge in [0.05, 0.1) is 5.75 Å². The molecule has 1 amide bonds. The molecule has 4 heteroatoms. The molecule has 3 nitrogen and oxygen atoms in total. The van der Waals surface area contributed by atoms with Gasteiger partial charge in [-0.1, -0.05) is 13.8 Å². The molecule has 19 heavy (non-hydrogen) atoms. The van der Waals surface area contributed by atoms with E-state index in [-0.39, 0.29) is 5.91 Å². The number of rotatable bonds is 4. The van der Waals surface area contributed by atoms with Crippen molar-refractivity contribution in [3.05, 3.63) is 0 Å². The van der Waals surface area contributed by atoms with E-state index in [2.05, 4.69) is 24.5 Å². The molecule has 2 fully saturated rings. The van der Waals surface area contributed by atoms with Gasteiger partial charge >= 0.3 is 0 Å². The van der Waals surface area contributed by atoms with Gasteiger partial charge in [-0.25, -0.2) is 0 Å². The average molecular weight is 284 g/mol. The van der Waals surface area contributed by atoms with E-state index >= 15 is 0 Å². The fourth-order valence-electron chi connectivity index (χ4n) is 3.49. The summed E-state index contributed by atoms with van der Waals surface area (Å²) < 4.78 is 0. The first-order valence-electron chi connectivity index (χ1n) is 7.75. The summed E-state index contributed by atoms with van der Waals surface area (Å²) in [7, 11) is 0. The number of carbonyl (C=O) groups excluding carboxylic acids is 1. The maximum Gasteiger partial charge on any atom is 0.230 e. The number of thioether (sulfide) groups is 1. The van der Waals surface area contributed by atoms with E-state index < -0.39 is 0 Å². The van der Waals surface area contributed by atoms with Crippen molar-refractivity contribution in [3.63, 3.8) is 0 Å². The molecule has 0 radical (unpaired) electrons. The van der Waals surface area contributed by atoms with Crippen molar-refractivity contribution in [3.8, 4) is 0 Å². The Labute approximate surface area is 121 Å². The number of nitrogens with one attached hydrogen (secondary N) is 2. The second kappa shape index (κ2) is 7.53. The standard InChI is InChI=1S/C15H28N2OS/c1-11-7-12(2)9-13(8-11)17-15(18)10-19-14-3-5-16-6-4-14/h11-14,16H,3-10H2,1-2H3,(H,17,18). The summed E-state index contributed by atoms with van der Waals surface area (Å²) in [6, 6.07) is 0.417. The quantitative estimate of drug-likeness (QED) is 0.833. The summed E-state index contributed by atoms with van der Waals surface area (Å²) in [6.07, 6.45) is 6.04. The van der Waals surface area contributed by atoms with Crippen molar-refractivity contribution in [2.45, 2.75) is 57.2 Å². The summed E-state index contributed by atoms with van der Waals surface area (Å²) in [5.41, 5.74) is 0. The third-order valence-electron chi connectivity index (χ3n) is 4.28. The van der Waals surface area contributed by atoms with Crippen LogP contribution in [0, 0.1) is 11.8 Å². The van der Waals surface area contributed by atoms with Crippen LogP contribution in [-0.4, -0.2) is 36.0 Å². The minimum absolute atomic E-state index is 0.245. The zero-order chi connectivity index (χ0) is 13.7. The van der Waals surface area contributed by atoms with Gasteiger partial charge < -0.3 is 10.6 Å². The largest absolute Gasteiger partial charge is 0.353 e. The number of hydrogen-bond donors (Lipinski definition) is 2. The monoisotopic (exact) mass is 284 g/mol. The molecule has 0 spiro atoms. The van der Waals surface area contributed by atoms with E-state index in [9.17, 15) is 4.79 Å². The molecule has 0 aromatic rings. The molecule has 2 unspecified atom stereocenters. The predicted molar refractivity (Wildman–Crippen MR) is 82.5 cm³/mol. The van der Waals surface area contributed by atoms with Crippen LogP contribution >= 0.6 is 11.8 Å². The molecule has 110 valence electrons. The first-order valence-corrected chi connectivity index (χ1v) is 8.80. The minimum Gasteiger partial charge on any atom is -0.353 e. The fraction of sp³-hybridized carbons (Fsp3) is 0.933. The van der Waals surface area contributed by atoms with Crippen LogP contribution < -0.4 is 10.6 Å². The lowest BCUT2D eigenvalue weighted by atomic mass is 9.80. The second-order valence-electron chi connectivity index (χ2n) is 6.44. The molecular weight excluding hydrogens is 256 g/mol. The minimum atomic E-state index is 0.245. The SMILES string of the molecule is CC1CC(C)CC(NC(=O)CSC2CCNCC2)C1. The normalized spacial score (nSPS) is 33.1. The van der Waals surface area contributed by atoms with E-state index in [1.807, 2.05) is 11.8 Å². The predicted octanol–water partition coefficient (Wildman–Crippen LogP) is 2.41. The lowest BCUT2D eigenvalue weighted by Crippen LogP contribution is -2.41. The Kier molecular flexibility index (Phi) is 6.02. The molecule has 0 aromatic carbocycles. The van der Waals surface area contributed by atoms with Gasteiger partial charge in [0.2, 0.25) is 5.91 Å². The smallest absolute Gasteiger partial charge is 0.230 e. The molecule has 2 atom stereocenters. The summed E-state index contributed by atoms with van der Waals surface area (Å²) in [4.78, 5) is 12.0. The fourth-order valence-corrected chi connectivity index (χ4v) is 4.53. The topological polar surface area (TPSA) is 41.1 Å². The molecular formula is C15H28N2OS. The van der Waals surface area contributed by atoms with Gasteiger partial charge in [0.1, 0.15) is 0 Å². The summed E-state index contributed by atoms with van der Waals surface area (Å²) in [5.74, 6) is 2.40. The van der Waals surface area contributed by atoms with Gasteiger partial charge in [-0.3, -0.25) is 4.79 Å². The number of piperidine rings is 1. The Morgan fingerprint density at radius 2 is 1.79 bits per heavy atom. The Balaban J connectivity index is 1.65. The highest BCUT2D eigenvalue weighted by Crippen LogP contribution is 2.28. The molecule has 2 aliphatic rings.